The SMILES string of the molecule is O=C(O)C(OCc1ccccc1)(OCc1ccccc1)ON=Cc1ccccc1. The molecule has 0 atom stereocenters. The van der Waals surface area contributed by atoms with Crippen LogP contribution in [0.15, 0.2) is 96.2 Å². The Morgan fingerprint density at radius 3 is 1.69 bits per heavy atom. The average molecular weight is 391 g/mol. The van der Waals surface area contributed by atoms with E-state index in [9.17, 15) is 9.90 Å². The molecule has 3 aromatic carbocycles. The first-order valence-corrected chi connectivity index (χ1v) is 9.04. The van der Waals surface area contributed by atoms with Gasteiger partial charge < -0.3 is 19.4 Å². The van der Waals surface area contributed by atoms with Crippen LogP contribution in [0, 0.1) is 0 Å². The minimum atomic E-state index is -2.39. The van der Waals surface area contributed by atoms with Crippen LogP contribution >= 0.6 is 0 Å². The van der Waals surface area contributed by atoms with Gasteiger partial charge in [0.1, 0.15) is 0 Å². The minimum absolute atomic E-state index is 0.0250. The Hall–Kier alpha value is -3.48. The summed E-state index contributed by atoms with van der Waals surface area (Å²) in [5, 5.41) is 13.6. The summed E-state index contributed by atoms with van der Waals surface area (Å²) in [7, 11) is 0. The van der Waals surface area contributed by atoms with Crippen molar-refractivity contribution >= 4 is 12.2 Å². The summed E-state index contributed by atoms with van der Waals surface area (Å²) in [5.74, 6) is -3.83. The molecule has 0 fully saturated rings. The summed E-state index contributed by atoms with van der Waals surface area (Å²) in [6.07, 6.45) is 1.40. The van der Waals surface area contributed by atoms with E-state index in [2.05, 4.69) is 5.16 Å². The molecule has 0 heterocycles. The number of hydrogen-bond acceptors (Lipinski definition) is 5. The molecule has 1 N–H and O–H groups in total. The second-order valence-corrected chi connectivity index (χ2v) is 6.15. The van der Waals surface area contributed by atoms with Gasteiger partial charge in [-0.3, -0.25) is 0 Å². The topological polar surface area (TPSA) is 77.4 Å². The van der Waals surface area contributed by atoms with Crippen molar-refractivity contribution in [1.29, 1.82) is 0 Å². The number of nitrogens with zero attached hydrogens (tertiary/aromatic N) is 1. The molecule has 148 valence electrons. The molecule has 0 aromatic heterocycles. The molecule has 0 aliphatic rings. The highest BCUT2D eigenvalue weighted by Crippen LogP contribution is 2.21. The van der Waals surface area contributed by atoms with Gasteiger partial charge in [-0.15, -0.1) is 0 Å². The standard InChI is InChI=1S/C23H21NO5/c25-22(26)23(27-17-20-12-6-2-7-13-20,28-18-21-14-8-3-9-15-21)29-24-16-19-10-4-1-5-11-19/h1-16H,17-18H2,(H,25,26). The first kappa shape index (κ1) is 20.3. The molecular formula is C23H21NO5. The van der Waals surface area contributed by atoms with E-state index >= 15 is 0 Å². The van der Waals surface area contributed by atoms with E-state index in [0.717, 1.165) is 16.7 Å². The fourth-order valence-corrected chi connectivity index (χ4v) is 2.46. The van der Waals surface area contributed by atoms with Crippen molar-refractivity contribution < 1.29 is 24.2 Å². The van der Waals surface area contributed by atoms with Crippen molar-refractivity contribution in [3.63, 3.8) is 0 Å². The van der Waals surface area contributed by atoms with Gasteiger partial charge in [-0.1, -0.05) is 96.2 Å². The maximum absolute atomic E-state index is 12.1. The van der Waals surface area contributed by atoms with Crippen LogP contribution in [0.4, 0.5) is 0 Å². The predicted molar refractivity (Wildman–Crippen MR) is 108 cm³/mol. The number of benzene rings is 3. The second-order valence-electron chi connectivity index (χ2n) is 6.15. The van der Waals surface area contributed by atoms with E-state index in [4.69, 9.17) is 14.3 Å². The number of carboxylic acids is 1. The smallest absolute Gasteiger partial charge is 0.452 e. The largest absolute Gasteiger partial charge is 0.474 e. The highest BCUT2D eigenvalue weighted by molar-refractivity contribution is 5.79. The highest BCUT2D eigenvalue weighted by atomic mass is 16.9. The first-order chi connectivity index (χ1) is 14.2. The van der Waals surface area contributed by atoms with Gasteiger partial charge >= 0.3 is 11.9 Å². The third kappa shape index (κ3) is 6.00. The molecule has 3 rings (SSSR count). The number of rotatable bonds is 10. The van der Waals surface area contributed by atoms with Gasteiger partial charge in [-0.05, 0) is 16.7 Å². The lowest BCUT2D eigenvalue weighted by molar-refractivity contribution is -0.371. The molecule has 29 heavy (non-hydrogen) atoms. The van der Waals surface area contributed by atoms with E-state index in [0.29, 0.717) is 0 Å². The van der Waals surface area contributed by atoms with Gasteiger partial charge in [-0.2, -0.15) is 0 Å². The van der Waals surface area contributed by atoms with Crippen LogP contribution in [-0.4, -0.2) is 23.3 Å². The van der Waals surface area contributed by atoms with Crippen molar-refractivity contribution in [2.75, 3.05) is 0 Å². The summed E-state index contributed by atoms with van der Waals surface area (Å²) >= 11 is 0. The molecule has 6 nitrogen and oxygen atoms in total. The number of aliphatic carboxylic acids is 1. The molecule has 0 aliphatic carbocycles. The van der Waals surface area contributed by atoms with Crippen molar-refractivity contribution in [2.24, 2.45) is 5.16 Å². The third-order valence-electron chi connectivity index (χ3n) is 3.98. The van der Waals surface area contributed by atoms with Gasteiger partial charge in [0, 0.05) is 0 Å². The second kappa shape index (κ2) is 10.2. The number of hydrogen-bond donors (Lipinski definition) is 1. The van der Waals surface area contributed by atoms with Crippen molar-refractivity contribution in [1.82, 2.24) is 0 Å². The molecule has 6 heteroatoms. The van der Waals surface area contributed by atoms with Crippen LogP contribution in [0.5, 0.6) is 0 Å². The summed E-state index contributed by atoms with van der Waals surface area (Å²) in [6.45, 7) is -0.0500. The lowest BCUT2D eigenvalue weighted by atomic mass is 10.2. The molecule has 0 aliphatic heterocycles. The van der Waals surface area contributed by atoms with E-state index in [1.807, 2.05) is 91.0 Å². The van der Waals surface area contributed by atoms with Crippen LogP contribution in [-0.2, 0) is 32.3 Å². The third-order valence-corrected chi connectivity index (χ3v) is 3.98. The molecule has 3 aromatic rings. The van der Waals surface area contributed by atoms with Crippen LogP contribution in [0.25, 0.3) is 0 Å². The predicted octanol–water partition coefficient (Wildman–Crippen LogP) is 4.21. The summed E-state index contributed by atoms with van der Waals surface area (Å²) in [5.41, 5.74) is 2.30. The van der Waals surface area contributed by atoms with E-state index < -0.39 is 11.9 Å². The Balaban J connectivity index is 1.78. The Bertz CT molecular complexity index is 870. The number of carboxylic acid groups (broad SMARTS) is 1. The maximum atomic E-state index is 12.1. The summed E-state index contributed by atoms with van der Waals surface area (Å²) in [6, 6.07) is 27.5. The zero-order chi connectivity index (χ0) is 20.4. The molecule has 0 spiro atoms. The van der Waals surface area contributed by atoms with E-state index in [1.165, 1.54) is 6.21 Å². The molecule has 0 radical (unpaired) electrons. The van der Waals surface area contributed by atoms with Crippen LogP contribution in [0.3, 0.4) is 0 Å². The fourth-order valence-electron chi connectivity index (χ4n) is 2.46. The van der Waals surface area contributed by atoms with Crippen molar-refractivity contribution in [2.45, 2.75) is 19.2 Å². The van der Waals surface area contributed by atoms with Crippen molar-refractivity contribution in [3.8, 4) is 0 Å². The molecular weight excluding hydrogens is 370 g/mol. The first-order valence-electron chi connectivity index (χ1n) is 9.04. The van der Waals surface area contributed by atoms with E-state index in [1.54, 1.807) is 0 Å². The van der Waals surface area contributed by atoms with Crippen LogP contribution in [0.2, 0.25) is 0 Å². The molecule has 0 saturated heterocycles. The van der Waals surface area contributed by atoms with Crippen LogP contribution in [0.1, 0.15) is 16.7 Å². The number of oxime groups is 1. The maximum Gasteiger partial charge on any atom is 0.452 e. The molecule has 0 bridgehead atoms. The number of carbonyl (C=O) groups is 1. The van der Waals surface area contributed by atoms with Crippen LogP contribution < -0.4 is 0 Å². The van der Waals surface area contributed by atoms with Gasteiger partial charge in [-0.25, -0.2) is 4.79 Å². The highest BCUT2D eigenvalue weighted by Gasteiger charge is 2.46. The van der Waals surface area contributed by atoms with Gasteiger partial charge in [0.15, 0.2) is 0 Å². The van der Waals surface area contributed by atoms with Gasteiger partial charge in [0.2, 0.25) is 0 Å². The Morgan fingerprint density at radius 1 is 0.793 bits per heavy atom. The van der Waals surface area contributed by atoms with Crippen molar-refractivity contribution in [3.05, 3.63) is 108 Å². The molecule has 0 unspecified atom stereocenters. The molecule has 0 saturated carbocycles. The minimum Gasteiger partial charge on any atom is -0.474 e. The summed E-state index contributed by atoms with van der Waals surface area (Å²) in [4.78, 5) is 17.3. The Labute approximate surface area is 169 Å². The molecule has 0 amide bonds. The number of ether oxygens (including phenoxy) is 2. The summed E-state index contributed by atoms with van der Waals surface area (Å²) < 4.78 is 11.2. The van der Waals surface area contributed by atoms with Gasteiger partial charge in [0.25, 0.3) is 0 Å². The quantitative estimate of drug-likeness (QED) is 0.318. The van der Waals surface area contributed by atoms with Gasteiger partial charge in [0.05, 0.1) is 19.4 Å². The zero-order valence-corrected chi connectivity index (χ0v) is 15.7. The zero-order valence-electron chi connectivity index (χ0n) is 15.7. The van der Waals surface area contributed by atoms with E-state index in [-0.39, 0.29) is 13.2 Å². The Morgan fingerprint density at radius 2 is 1.24 bits per heavy atom. The Kier molecular flexibility index (Phi) is 7.10. The average Bonchev–Trinajstić information content (AvgIpc) is 2.77. The fraction of sp³-hybridized carbons (Fsp3) is 0.130. The lowest BCUT2D eigenvalue weighted by Gasteiger charge is -2.26. The lowest BCUT2D eigenvalue weighted by Crippen LogP contribution is -2.45. The normalized spacial score (nSPS) is 11.4. The monoisotopic (exact) mass is 391 g/mol.